The zero-order valence-corrected chi connectivity index (χ0v) is 13.4. The van der Waals surface area contributed by atoms with Gasteiger partial charge in [-0.3, -0.25) is 4.79 Å². The summed E-state index contributed by atoms with van der Waals surface area (Å²) in [5, 5.41) is 4.89. The summed E-state index contributed by atoms with van der Waals surface area (Å²) in [5.41, 5.74) is 0.0667. The molecule has 1 aromatic heterocycles. The van der Waals surface area contributed by atoms with Crippen LogP contribution < -0.4 is 5.32 Å². The number of thiophene rings is 1. The molecule has 1 aromatic carbocycles. The fourth-order valence-corrected chi connectivity index (χ4v) is 3.16. The lowest BCUT2D eigenvalue weighted by Crippen LogP contribution is -2.28. The van der Waals surface area contributed by atoms with Crippen molar-refractivity contribution in [3.63, 3.8) is 0 Å². The number of halogens is 2. The Bertz CT molecular complexity index is 586. The third kappa shape index (κ3) is 3.46. The van der Waals surface area contributed by atoms with Crippen LogP contribution in [0.15, 0.2) is 40.2 Å². The molecule has 0 radical (unpaired) electrons. The summed E-state index contributed by atoms with van der Waals surface area (Å²) in [7, 11) is 0. The largest absolute Gasteiger partial charge is 0.344 e. The molecule has 106 valence electrons. The van der Waals surface area contributed by atoms with Gasteiger partial charge in [0.25, 0.3) is 5.91 Å². The van der Waals surface area contributed by atoms with Gasteiger partial charge in [0.05, 0.1) is 16.1 Å². The lowest BCUT2D eigenvalue weighted by molar-refractivity contribution is 0.0931. The van der Waals surface area contributed by atoms with Crippen LogP contribution in [0.4, 0.5) is 4.39 Å². The molecule has 2 nitrogen and oxygen atoms in total. The van der Waals surface area contributed by atoms with Gasteiger partial charge in [0.1, 0.15) is 5.82 Å². The normalized spacial score (nSPS) is 12.2. The molecule has 0 bridgehead atoms. The minimum atomic E-state index is -0.522. The Hall–Kier alpha value is -1.20. The fraction of sp³-hybridized carbons (Fsp3) is 0.267. The van der Waals surface area contributed by atoms with Gasteiger partial charge in [-0.25, -0.2) is 4.39 Å². The van der Waals surface area contributed by atoms with Crippen LogP contribution >= 0.6 is 27.3 Å². The number of rotatable bonds is 5. The van der Waals surface area contributed by atoms with Crippen molar-refractivity contribution in [2.75, 3.05) is 0 Å². The maximum absolute atomic E-state index is 13.9. The van der Waals surface area contributed by atoms with E-state index in [1.54, 1.807) is 23.5 Å². The molecule has 0 saturated heterocycles. The molecule has 0 aliphatic heterocycles. The predicted molar refractivity (Wildman–Crippen MR) is 83.5 cm³/mol. The third-order valence-electron chi connectivity index (χ3n) is 2.97. The highest BCUT2D eigenvalue weighted by molar-refractivity contribution is 9.10. The minimum Gasteiger partial charge on any atom is -0.344 e. The average molecular weight is 356 g/mol. The number of hydrogen-bond acceptors (Lipinski definition) is 2. The molecule has 0 fully saturated rings. The van der Waals surface area contributed by atoms with Crippen LogP contribution in [0.2, 0.25) is 0 Å². The zero-order valence-electron chi connectivity index (χ0n) is 11.0. The molecular formula is C15H15BrFNOS. The van der Waals surface area contributed by atoms with E-state index in [0.717, 1.165) is 17.7 Å². The number of carbonyl (C=O) groups is 1. The molecule has 5 heteroatoms. The van der Waals surface area contributed by atoms with E-state index in [0.29, 0.717) is 4.47 Å². The Morgan fingerprint density at radius 3 is 2.85 bits per heavy atom. The molecule has 1 N–H and O–H groups in total. The van der Waals surface area contributed by atoms with Crippen molar-refractivity contribution >= 4 is 33.2 Å². The average Bonchev–Trinajstić information content (AvgIpc) is 2.95. The van der Waals surface area contributed by atoms with Gasteiger partial charge >= 0.3 is 0 Å². The van der Waals surface area contributed by atoms with E-state index in [1.165, 1.54) is 6.07 Å². The number of amides is 1. The second kappa shape index (κ2) is 6.99. The number of benzene rings is 1. The summed E-state index contributed by atoms with van der Waals surface area (Å²) in [6.07, 6.45) is 1.78. The van der Waals surface area contributed by atoms with Gasteiger partial charge in [-0.05, 0) is 45.9 Å². The molecule has 1 atom stereocenters. The lowest BCUT2D eigenvalue weighted by atomic mass is 10.1. The second-order valence-electron chi connectivity index (χ2n) is 4.43. The third-order valence-corrected chi connectivity index (χ3v) is 4.56. The molecule has 0 spiro atoms. The summed E-state index contributed by atoms with van der Waals surface area (Å²) in [4.78, 5) is 13.3. The first kappa shape index (κ1) is 15.2. The minimum absolute atomic E-state index is 0.0640. The van der Waals surface area contributed by atoms with E-state index in [2.05, 4.69) is 28.2 Å². The van der Waals surface area contributed by atoms with Crippen molar-refractivity contribution in [2.24, 2.45) is 0 Å². The SMILES string of the molecule is CCCC(NC(=O)c1cccc(Br)c1F)c1cccs1. The van der Waals surface area contributed by atoms with Gasteiger partial charge in [0, 0.05) is 4.88 Å². The Balaban J connectivity index is 2.18. The van der Waals surface area contributed by atoms with Crippen LogP contribution in [0.1, 0.15) is 41.0 Å². The zero-order chi connectivity index (χ0) is 14.5. The molecule has 0 aliphatic rings. The van der Waals surface area contributed by atoms with E-state index in [-0.39, 0.29) is 17.5 Å². The van der Waals surface area contributed by atoms with E-state index in [4.69, 9.17) is 0 Å². The molecule has 2 aromatic rings. The summed E-state index contributed by atoms with van der Waals surface area (Å²) in [5.74, 6) is -0.901. The molecule has 20 heavy (non-hydrogen) atoms. The smallest absolute Gasteiger partial charge is 0.254 e. The molecule has 1 unspecified atom stereocenters. The predicted octanol–water partition coefficient (Wildman–Crippen LogP) is 4.92. The van der Waals surface area contributed by atoms with E-state index in [9.17, 15) is 9.18 Å². The van der Waals surface area contributed by atoms with E-state index in [1.807, 2.05) is 17.5 Å². The van der Waals surface area contributed by atoms with Crippen LogP contribution in [0.3, 0.4) is 0 Å². The van der Waals surface area contributed by atoms with Crippen LogP contribution in [0.25, 0.3) is 0 Å². The van der Waals surface area contributed by atoms with Gasteiger partial charge in [-0.15, -0.1) is 11.3 Å². The fourth-order valence-electron chi connectivity index (χ4n) is 1.98. The van der Waals surface area contributed by atoms with Gasteiger partial charge in [0.2, 0.25) is 0 Å². The summed E-state index contributed by atoms with van der Waals surface area (Å²) in [6, 6.07) is 8.60. The quantitative estimate of drug-likeness (QED) is 0.809. The van der Waals surface area contributed by atoms with Crippen molar-refractivity contribution in [1.82, 2.24) is 5.32 Å². The standard InChI is InChI=1S/C15H15BrFNOS/c1-2-5-12(13-8-4-9-20-13)18-15(19)10-6-3-7-11(16)14(10)17/h3-4,6-9,12H,2,5H2,1H3,(H,18,19). The molecule has 1 heterocycles. The number of hydrogen-bond donors (Lipinski definition) is 1. The van der Waals surface area contributed by atoms with Crippen molar-refractivity contribution in [1.29, 1.82) is 0 Å². The number of nitrogens with one attached hydrogen (secondary N) is 1. The second-order valence-corrected chi connectivity index (χ2v) is 6.27. The maximum atomic E-state index is 13.9. The Morgan fingerprint density at radius 1 is 1.40 bits per heavy atom. The van der Waals surface area contributed by atoms with Crippen LogP contribution in [-0.4, -0.2) is 5.91 Å². The summed E-state index contributed by atoms with van der Waals surface area (Å²) < 4.78 is 14.2. The lowest BCUT2D eigenvalue weighted by Gasteiger charge is -2.17. The van der Waals surface area contributed by atoms with E-state index >= 15 is 0 Å². The maximum Gasteiger partial charge on any atom is 0.254 e. The first-order chi connectivity index (χ1) is 9.63. The number of carbonyl (C=O) groups excluding carboxylic acids is 1. The molecule has 0 saturated carbocycles. The van der Waals surface area contributed by atoms with Crippen LogP contribution in [0, 0.1) is 5.82 Å². The van der Waals surface area contributed by atoms with Gasteiger partial charge in [-0.1, -0.05) is 25.5 Å². The summed E-state index contributed by atoms with van der Waals surface area (Å²) in [6.45, 7) is 2.06. The van der Waals surface area contributed by atoms with Crippen molar-refractivity contribution in [3.05, 3.63) is 56.4 Å². The highest BCUT2D eigenvalue weighted by Gasteiger charge is 2.19. The monoisotopic (exact) mass is 355 g/mol. The molecular weight excluding hydrogens is 341 g/mol. The van der Waals surface area contributed by atoms with Gasteiger partial charge < -0.3 is 5.32 Å². The Morgan fingerprint density at radius 2 is 2.20 bits per heavy atom. The van der Waals surface area contributed by atoms with Crippen LogP contribution in [-0.2, 0) is 0 Å². The highest BCUT2D eigenvalue weighted by atomic mass is 79.9. The van der Waals surface area contributed by atoms with Crippen LogP contribution in [0.5, 0.6) is 0 Å². The Labute approximate surface area is 130 Å². The van der Waals surface area contributed by atoms with Crippen molar-refractivity contribution in [3.8, 4) is 0 Å². The van der Waals surface area contributed by atoms with Crippen molar-refractivity contribution < 1.29 is 9.18 Å². The Kier molecular flexibility index (Phi) is 5.31. The first-order valence-corrected chi connectivity index (χ1v) is 8.09. The molecule has 0 aliphatic carbocycles. The van der Waals surface area contributed by atoms with Gasteiger partial charge in [-0.2, -0.15) is 0 Å². The molecule has 2 rings (SSSR count). The van der Waals surface area contributed by atoms with Gasteiger partial charge in [0.15, 0.2) is 0 Å². The molecule has 1 amide bonds. The van der Waals surface area contributed by atoms with E-state index < -0.39 is 5.82 Å². The topological polar surface area (TPSA) is 29.1 Å². The summed E-state index contributed by atoms with van der Waals surface area (Å²) >= 11 is 4.69. The highest BCUT2D eigenvalue weighted by Crippen LogP contribution is 2.25. The first-order valence-electron chi connectivity index (χ1n) is 6.41. The van der Waals surface area contributed by atoms with Crippen molar-refractivity contribution in [2.45, 2.75) is 25.8 Å².